The van der Waals surface area contributed by atoms with E-state index in [4.69, 9.17) is 11.6 Å². The van der Waals surface area contributed by atoms with E-state index in [2.05, 4.69) is 5.32 Å². The molecule has 1 aliphatic carbocycles. The number of carbonyl (C=O) groups is 1. The summed E-state index contributed by atoms with van der Waals surface area (Å²) in [5, 5.41) is 13.5. The first-order valence-corrected chi connectivity index (χ1v) is 8.87. The van der Waals surface area contributed by atoms with Crippen LogP contribution in [0.5, 0.6) is 0 Å². The van der Waals surface area contributed by atoms with Gasteiger partial charge in [0, 0.05) is 16.3 Å². The fourth-order valence-corrected chi connectivity index (χ4v) is 3.49. The molecule has 1 aromatic carbocycles. The SMILES string of the molecule is O=C(CCCSc1ccc(Cl)cc1)NC1CCCCC1O. The summed E-state index contributed by atoms with van der Waals surface area (Å²) >= 11 is 7.57. The Morgan fingerprint density at radius 3 is 2.71 bits per heavy atom. The number of rotatable bonds is 6. The second-order valence-electron chi connectivity index (χ2n) is 5.43. The Morgan fingerprint density at radius 2 is 2.00 bits per heavy atom. The summed E-state index contributed by atoms with van der Waals surface area (Å²) < 4.78 is 0. The van der Waals surface area contributed by atoms with Crippen molar-refractivity contribution in [2.75, 3.05) is 5.75 Å². The molecular weight excluding hydrogens is 306 g/mol. The average molecular weight is 328 g/mol. The van der Waals surface area contributed by atoms with Gasteiger partial charge in [0.05, 0.1) is 12.1 Å². The maximum Gasteiger partial charge on any atom is 0.220 e. The highest BCUT2D eigenvalue weighted by Crippen LogP contribution is 2.22. The summed E-state index contributed by atoms with van der Waals surface area (Å²) in [6.07, 6.45) is 4.83. The number of nitrogens with one attached hydrogen (secondary N) is 1. The molecule has 0 heterocycles. The molecule has 1 saturated carbocycles. The maximum atomic E-state index is 11.9. The van der Waals surface area contributed by atoms with Crippen molar-refractivity contribution in [2.24, 2.45) is 0 Å². The molecule has 0 spiro atoms. The lowest BCUT2D eigenvalue weighted by Crippen LogP contribution is -2.45. The van der Waals surface area contributed by atoms with Gasteiger partial charge in [-0.2, -0.15) is 0 Å². The Bertz CT molecular complexity index is 452. The Kier molecular flexibility index (Phi) is 6.87. The smallest absolute Gasteiger partial charge is 0.220 e. The molecule has 0 bridgehead atoms. The molecule has 2 N–H and O–H groups in total. The zero-order valence-electron chi connectivity index (χ0n) is 12.1. The topological polar surface area (TPSA) is 49.3 Å². The number of hydrogen-bond donors (Lipinski definition) is 2. The summed E-state index contributed by atoms with van der Waals surface area (Å²) in [5.41, 5.74) is 0. The molecule has 1 aromatic rings. The van der Waals surface area contributed by atoms with E-state index in [-0.39, 0.29) is 18.1 Å². The Hall–Kier alpha value is -0.710. The van der Waals surface area contributed by atoms with Crippen LogP contribution in [0, 0.1) is 0 Å². The minimum absolute atomic E-state index is 0.0461. The predicted octanol–water partition coefficient (Wildman–Crippen LogP) is 3.63. The van der Waals surface area contributed by atoms with Crippen LogP contribution in [0.1, 0.15) is 38.5 Å². The fraction of sp³-hybridized carbons (Fsp3) is 0.562. The van der Waals surface area contributed by atoms with E-state index in [0.29, 0.717) is 6.42 Å². The number of thioether (sulfide) groups is 1. The van der Waals surface area contributed by atoms with Crippen molar-refractivity contribution in [1.82, 2.24) is 5.32 Å². The van der Waals surface area contributed by atoms with Crippen molar-refractivity contribution in [3.63, 3.8) is 0 Å². The van der Waals surface area contributed by atoms with Gasteiger partial charge >= 0.3 is 0 Å². The summed E-state index contributed by atoms with van der Waals surface area (Å²) in [6, 6.07) is 7.69. The van der Waals surface area contributed by atoms with Crippen LogP contribution in [0.3, 0.4) is 0 Å². The predicted molar refractivity (Wildman–Crippen MR) is 87.8 cm³/mol. The van der Waals surface area contributed by atoms with Crippen LogP contribution in [0.4, 0.5) is 0 Å². The van der Waals surface area contributed by atoms with E-state index >= 15 is 0 Å². The molecule has 21 heavy (non-hydrogen) atoms. The van der Waals surface area contributed by atoms with Gasteiger partial charge in [0.25, 0.3) is 0 Å². The zero-order valence-corrected chi connectivity index (χ0v) is 13.6. The summed E-state index contributed by atoms with van der Waals surface area (Å²) in [7, 11) is 0. The van der Waals surface area contributed by atoms with Gasteiger partial charge in [-0.15, -0.1) is 11.8 Å². The van der Waals surface area contributed by atoms with Crippen molar-refractivity contribution in [3.05, 3.63) is 29.3 Å². The van der Waals surface area contributed by atoms with Crippen LogP contribution in [-0.2, 0) is 4.79 Å². The van der Waals surface area contributed by atoms with Gasteiger partial charge in [-0.3, -0.25) is 4.79 Å². The largest absolute Gasteiger partial charge is 0.391 e. The van der Waals surface area contributed by atoms with Crippen molar-refractivity contribution in [3.8, 4) is 0 Å². The second kappa shape index (κ2) is 8.66. The lowest BCUT2D eigenvalue weighted by molar-refractivity contribution is -0.123. The van der Waals surface area contributed by atoms with Gasteiger partial charge in [0.15, 0.2) is 0 Å². The van der Waals surface area contributed by atoms with Gasteiger partial charge in [-0.1, -0.05) is 24.4 Å². The van der Waals surface area contributed by atoms with Gasteiger partial charge in [-0.25, -0.2) is 0 Å². The molecule has 1 amide bonds. The number of aliphatic hydroxyl groups is 1. The molecule has 0 aromatic heterocycles. The normalized spacial score (nSPS) is 22.0. The fourth-order valence-electron chi connectivity index (χ4n) is 2.51. The highest BCUT2D eigenvalue weighted by atomic mass is 35.5. The number of aliphatic hydroxyl groups excluding tert-OH is 1. The number of carbonyl (C=O) groups excluding carboxylic acids is 1. The average Bonchev–Trinajstić information content (AvgIpc) is 2.48. The second-order valence-corrected chi connectivity index (χ2v) is 7.04. The molecule has 2 rings (SSSR count). The number of halogens is 1. The van der Waals surface area contributed by atoms with Crippen molar-refractivity contribution in [2.45, 2.75) is 55.6 Å². The third kappa shape index (κ3) is 5.89. The molecule has 0 aliphatic heterocycles. The van der Waals surface area contributed by atoms with Crippen molar-refractivity contribution >= 4 is 29.3 Å². The zero-order chi connectivity index (χ0) is 15.1. The molecule has 3 nitrogen and oxygen atoms in total. The third-order valence-electron chi connectivity index (χ3n) is 3.71. The van der Waals surface area contributed by atoms with Crippen LogP contribution in [0.25, 0.3) is 0 Å². The van der Waals surface area contributed by atoms with Crippen LogP contribution in [0.15, 0.2) is 29.2 Å². The van der Waals surface area contributed by atoms with Crippen LogP contribution in [0.2, 0.25) is 5.02 Å². The van der Waals surface area contributed by atoms with E-state index in [1.807, 2.05) is 24.3 Å². The minimum Gasteiger partial charge on any atom is -0.391 e. The highest BCUT2D eigenvalue weighted by molar-refractivity contribution is 7.99. The molecule has 1 aliphatic rings. The van der Waals surface area contributed by atoms with E-state index in [0.717, 1.165) is 42.9 Å². The molecule has 116 valence electrons. The quantitative estimate of drug-likeness (QED) is 0.619. The lowest BCUT2D eigenvalue weighted by Gasteiger charge is -2.28. The van der Waals surface area contributed by atoms with Crippen molar-refractivity contribution in [1.29, 1.82) is 0 Å². The van der Waals surface area contributed by atoms with Gasteiger partial charge < -0.3 is 10.4 Å². The first-order chi connectivity index (χ1) is 10.1. The molecule has 1 fully saturated rings. The van der Waals surface area contributed by atoms with E-state index < -0.39 is 0 Å². The van der Waals surface area contributed by atoms with Crippen molar-refractivity contribution < 1.29 is 9.90 Å². The third-order valence-corrected chi connectivity index (χ3v) is 5.06. The Balaban J connectivity index is 1.61. The van der Waals surface area contributed by atoms with Gasteiger partial charge in [-0.05, 0) is 49.3 Å². The standard InChI is InChI=1S/C16H22ClNO2S/c17-12-7-9-13(10-8-12)21-11-3-6-16(20)18-14-4-1-2-5-15(14)19/h7-10,14-15,19H,1-6,11H2,(H,18,20). The van der Waals surface area contributed by atoms with E-state index in [1.54, 1.807) is 11.8 Å². The monoisotopic (exact) mass is 327 g/mol. The first kappa shape index (κ1) is 16.7. The Labute approximate surface area is 135 Å². The molecule has 2 atom stereocenters. The molecule has 0 saturated heterocycles. The number of amides is 1. The van der Waals surface area contributed by atoms with Crippen LogP contribution in [-0.4, -0.2) is 28.9 Å². The maximum absolute atomic E-state index is 11.9. The summed E-state index contributed by atoms with van der Waals surface area (Å²) in [5.74, 6) is 0.958. The van der Waals surface area contributed by atoms with Gasteiger partial charge in [0.1, 0.15) is 0 Å². The first-order valence-electron chi connectivity index (χ1n) is 7.51. The van der Waals surface area contributed by atoms with Crippen LogP contribution < -0.4 is 5.32 Å². The van der Waals surface area contributed by atoms with E-state index in [1.165, 1.54) is 4.90 Å². The Morgan fingerprint density at radius 1 is 1.29 bits per heavy atom. The lowest BCUT2D eigenvalue weighted by atomic mass is 9.92. The van der Waals surface area contributed by atoms with Crippen LogP contribution >= 0.6 is 23.4 Å². The summed E-state index contributed by atoms with van der Waals surface area (Å²) in [4.78, 5) is 13.0. The van der Waals surface area contributed by atoms with E-state index in [9.17, 15) is 9.90 Å². The number of hydrogen-bond acceptors (Lipinski definition) is 3. The molecule has 5 heteroatoms. The summed E-state index contributed by atoms with van der Waals surface area (Å²) in [6.45, 7) is 0. The minimum atomic E-state index is -0.369. The molecular formula is C16H22ClNO2S. The number of benzene rings is 1. The van der Waals surface area contributed by atoms with Gasteiger partial charge in [0.2, 0.25) is 5.91 Å². The highest BCUT2D eigenvalue weighted by Gasteiger charge is 2.23. The molecule has 2 unspecified atom stereocenters. The molecule has 0 radical (unpaired) electrons.